The maximum atomic E-state index is 8.52. The smallest absolute Gasteiger partial charge is 0.286 e. The van der Waals surface area contributed by atoms with Gasteiger partial charge in [-0.15, -0.1) is 0 Å². The molecule has 4 aromatic heterocycles. The number of benzene rings is 2. The molecule has 0 unspecified atom stereocenters. The number of nitrogens with zero attached hydrogens (tertiary/aromatic N) is 4. The molecule has 6 aromatic rings. The van der Waals surface area contributed by atoms with E-state index in [2.05, 4.69) is 128 Å². The molecule has 0 saturated carbocycles. The van der Waals surface area contributed by atoms with Gasteiger partial charge in [0.25, 0.3) is 11.3 Å². The third kappa shape index (κ3) is 7.84. The molecule has 8 nitrogen and oxygen atoms in total. The molecule has 37 heavy (non-hydrogen) atoms. The van der Waals surface area contributed by atoms with Crippen LogP contribution in [0.3, 0.4) is 0 Å². The summed E-state index contributed by atoms with van der Waals surface area (Å²) < 4.78 is 42.8. The highest BCUT2D eigenvalue weighted by molar-refractivity contribution is 7.79. The van der Waals surface area contributed by atoms with E-state index in [4.69, 9.17) is 17.5 Å². The predicted octanol–water partition coefficient (Wildman–Crippen LogP) is 3.21. The van der Waals surface area contributed by atoms with Crippen LogP contribution in [-0.4, -0.2) is 26.3 Å². The van der Waals surface area contributed by atoms with E-state index in [1.165, 1.54) is 22.4 Å². The molecule has 0 radical (unpaired) electrons. The van der Waals surface area contributed by atoms with Gasteiger partial charge in [-0.05, 0) is 23.3 Å². The summed E-state index contributed by atoms with van der Waals surface area (Å²) in [6.07, 6.45) is 12.5. The Labute approximate surface area is 215 Å². The molecule has 0 spiro atoms. The molecular weight excluding hydrogens is 488 g/mol. The van der Waals surface area contributed by atoms with Crippen molar-refractivity contribution in [3.05, 3.63) is 145 Å². The Bertz CT molecular complexity index is 1540. The highest BCUT2D eigenvalue weighted by atomic mass is 32.3. The number of aromatic nitrogens is 4. The molecule has 188 valence electrons. The second kappa shape index (κ2) is 12.1. The average Bonchev–Trinajstić information content (AvgIpc) is 3.49. The normalized spacial score (nSPS) is 10.9. The molecule has 9 heteroatoms. The summed E-state index contributed by atoms with van der Waals surface area (Å²) in [5, 5.41) is 0. The Kier molecular flexibility index (Phi) is 8.42. The van der Waals surface area contributed by atoms with Crippen LogP contribution in [0.15, 0.2) is 134 Å². The van der Waals surface area contributed by atoms with E-state index >= 15 is 0 Å². The summed E-state index contributed by atoms with van der Waals surface area (Å²) in [5.74, 6) is 0. The molecule has 0 aliphatic rings. The SMILES string of the molecule is O=S(=O)([O-])[O-].c1ccc(C[n+]2ccn3ccccc32)cc1.c1ccc(C[n+]2ccn3ccccc32)cc1. The molecule has 4 heterocycles. The maximum absolute atomic E-state index is 8.52. The van der Waals surface area contributed by atoms with E-state index in [1.807, 2.05) is 24.3 Å². The fraction of sp³-hybridized carbons (Fsp3) is 0.0714. The second-order valence-corrected chi connectivity index (χ2v) is 8.98. The van der Waals surface area contributed by atoms with Crippen LogP contribution in [0.2, 0.25) is 0 Å². The van der Waals surface area contributed by atoms with Crippen LogP contribution < -0.4 is 9.13 Å². The van der Waals surface area contributed by atoms with Gasteiger partial charge in [0.05, 0.1) is 12.4 Å². The van der Waals surface area contributed by atoms with E-state index in [0.29, 0.717) is 0 Å². The Morgan fingerprint density at radius 3 is 1.27 bits per heavy atom. The zero-order chi connectivity index (χ0) is 26.1. The summed E-state index contributed by atoms with van der Waals surface area (Å²) >= 11 is 0. The summed E-state index contributed by atoms with van der Waals surface area (Å²) in [4.78, 5) is 0. The van der Waals surface area contributed by atoms with E-state index in [1.54, 1.807) is 0 Å². The van der Waals surface area contributed by atoms with Crippen molar-refractivity contribution in [3.8, 4) is 0 Å². The highest BCUT2D eigenvalue weighted by Crippen LogP contribution is 2.03. The lowest BCUT2D eigenvalue weighted by atomic mass is 10.2. The molecule has 0 N–H and O–H groups in total. The molecule has 0 fully saturated rings. The standard InChI is InChI=1S/2C14H13N2.H2O4S/c2*1-2-6-13(7-3-1)12-16-11-10-15-9-5-4-8-14(15)16;1-5(2,3)4/h2*1-11H,12H2;(H2,1,2,3,4)/q2*+1;/p-2. The third-order valence-electron chi connectivity index (χ3n) is 5.53. The van der Waals surface area contributed by atoms with Gasteiger partial charge < -0.3 is 9.11 Å². The van der Waals surface area contributed by atoms with Crippen molar-refractivity contribution < 1.29 is 26.7 Å². The van der Waals surface area contributed by atoms with E-state index in [0.717, 1.165) is 13.1 Å². The van der Waals surface area contributed by atoms with E-state index in [9.17, 15) is 0 Å². The number of pyridine rings is 2. The first-order valence-corrected chi connectivity index (χ1v) is 12.8. The minimum atomic E-state index is -5.17. The van der Waals surface area contributed by atoms with Gasteiger partial charge in [0.1, 0.15) is 37.9 Å². The average molecular weight is 515 g/mol. The molecular formula is C28H26N4O4S. The summed E-state index contributed by atoms with van der Waals surface area (Å²) in [6, 6.07) is 33.5. The van der Waals surface area contributed by atoms with Crippen molar-refractivity contribution in [2.45, 2.75) is 13.1 Å². The predicted molar refractivity (Wildman–Crippen MR) is 137 cm³/mol. The number of fused-ring (bicyclic) bond motifs is 2. The lowest BCUT2D eigenvalue weighted by molar-refractivity contribution is -0.662. The lowest BCUT2D eigenvalue weighted by Gasteiger charge is -2.06. The van der Waals surface area contributed by atoms with E-state index < -0.39 is 10.4 Å². The molecule has 0 aliphatic carbocycles. The molecule has 0 atom stereocenters. The molecule has 0 bridgehead atoms. The molecule has 2 aromatic carbocycles. The minimum absolute atomic E-state index is 0.918. The number of rotatable bonds is 4. The zero-order valence-corrected chi connectivity index (χ0v) is 20.8. The highest BCUT2D eigenvalue weighted by Gasteiger charge is 2.09. The Morgan fingerprint density at radius 2 is 0.892 bits per heavy atom. The first kappa shape index (κ1) is 25.8. The van der Waals surface area contributed by atoms with Gasteiger partial charge in [0.15, 0.2) is 0 Å². The lowest BCUT2D eigenvalue weighted by Crippen LogP contribution is -2.32. The van der Waals surface area contributed by atoms with Crippen LogP contribution in [0.25, 0.3) is 11.3 Å². The van der Waals surface area contributed by atoms with Crippen LogP contribution in [0.5, 0.6) is 0 Å². The fourth-order valence-corrected chi connectivity index (χ4v) is 3.92. The van der Waals surface area contributed by atoms with Crippen LogP contribution in [-0.2, 0) is 23.5 Å². The first-order chi connectivity index (χ1) is 17.9. The second-order valence-electron chi connectivity index (χ2n) is 8.16. The van der Waals surface area contributed by atoms with Crippen LogP contribution >= 0.6 is 0 Å². The zero-order valence-electron chi connectivity index (χ0n) is 19.9. The number of hydrogen-bond donors (Lipinski definition) is 0. The van der Waals surface area contributed by atoms with Crippen molar-refractivity contribution in [2.75, 3.05) is 0 Å². The van der Waals surface area contributed by atoms with Crippen LogP contribution in [0.1, 0.15) is 11.1 Å². The van der Waals surface area contributed by atoms with Gasteiger partial charge in [-0.25, -0.2) is 17.9 Å². The van der Waals surface area contributed by atoms with Crippen molar-refractivity contribution in [1.82, 2.24) is 8.80 Å². The fourth-order valence-electron chi connectivity index (χ4n) is 3.92. The number of imidazole rings is 2. The Hall–Kier alpha value is -4.31. The van der Waals surface area contributed by atoms with Crippen molar-refractivity contribution in [2.24, 2.45) is 0 Å². The largest absolute Gasteiger partial charge is 0.759 e. The van der Waals surface area contributed by atoms with Crippen molar-refractivity contribution >= 4 is 21.7 Å². The molecule has 0 aliphatic heterocycles. The van der Waals surface area contributed by atoms with Crippen LogP contribution in [0.4, 0.5) is 0 Å². The molecule has 0 amide bonds. The summed E-state index contributed by atoms with van der Waals surface area (Å²) in [6.45, 7) is 1.84. The van der Waals surface area contributed by atoms with Crippen LogP contribution in [0, 0.1) is 0 Å². The van der Waals surface area contributed by atoms with Gasteiger partial charge in [0, 0.05) is 22.5 Å². The van der Waals surface area contributed by atoms with Gasteiger partial charge in [-0.2, -0.15) is 0 Å². The minimum Gasteiger partial charge on any atom is -0.759 e. The first-order valence-electron chi connectivity index (χ1n) is 11.5. The van der Waals surface area contributed by atoms with Crippen molar-refractivity contribution in [1.29, 1.82) is 0 Å². The van der Waals surface area contributed by atoms with Gasteiger partial charge in [-0.3, -0.25) is 8.42 Å². The summed E-state index contributed by atoms with van der Waals surface area (Å²) in [7, 11) is -5.17. The van der Waals surface area contributed by atoms with Gasteiger partial charge >= 0.3 is 0 Å². The topological polar surface area (TPSA) is 96.8 Å². The Morgan fingerprint density at radius 1 is 0.541 bits per heavy atom. The summed E-state index contributed by atoms with van der Waals surface area (Å²) in [5.41, 5.74) is 5.08. The maximum Gasteiger partial charge on any atom is 0.286 e. The molecule has 0 saturated heterocycles. The van der Waals surface area contributed by atoms with Gasteiger partial charge in [-0.1, -0.05) is 72.8 Å². The van der Waals surface area contributed by atoms with Gasteiger partial charge in [0.2, 0.25) is 0 Å². The monoisotopic (exact) mass is 514 g/mol. The van der Waals surface area contributed by atoms with E-state index in [-0.39, 0.29) is 0 Å². The number of hydrogen-bond acceptors (Lipinski definition) is 4. The molecule has 6 rings (SSSR count). The third-order valence-corrected chi connectivity index (χ3v) is 5.53. The Balaban J connectivity index is 0.000000147. The van der Waals surface area contributed by atoms with Crippen molar-refractivity contribution in [3.63, 3.8) is 0 Å². The quantitative estimate of drug-likeness (QED) is 0.205.